The van der Waals surface area contributed by atoms with Crippen molar-refractivity contribution in [3.8, 4) is 5.75 Å². The molecule has 1 aliphatic heterocycles. The third-order valence-electron chi connectivity index (χ3n) is 6.03. The fourth-order valence-corrected chi connectivity index (χ4v) is 4.74. The summed E-state index contributed by atoms with van der Waals surface area (Å²) in [4.78, 5) is 27.9. The molecular formula is C23H28N4O4S. The quantitative estimate of drug-likeness (QED) is 0.508. The largest absolute Gasteiger partial charge is 0.492 e. The van der Waals surface area contributed by atoms with E-state index in [1.54, 1.807) is 15.9 Å². The number of carbonyl (C=O) groups is 1. The average Bonchev–Trinajstić information content (AvgIpc) is 3.35. The van der Waals surface area contributed by atoms with Crippen LogP contribution in [-0.2, 0) is 37.7 Å². The molecule has 0 aliphatic carbocycles. The second-order valence-electron chi connectivity index (χ2n) is 7.95. The molecule has 1 aliphatic rings. The zero-order chi connectivity index (χ0) is 22.7. The van der Waals surface area contributed by atoms with Gasteiger partial charge in [0.25, 0.3) is 5.56 Å². The number of hydrogen-bond donors (Lipinski definition) is 0. The summed E-state index contributed by atoms with van der Waals surface area (Å²) in [6.07, 6.45) is 3.15. The smallest absolute Gasteiger partial charge is 0.343 e. The van der Waals surface area contributed by atoms with Gasteiger partial charge < -0.3 is 14.0 Å². The number of aromatic nitrogens is 3. The van der Waals surface area contributed by atoms with Crippen molar-refractivity contribution in [2.75, 3.05) is 26.8 Å². The van der Waals surface area contributed by atoms with Crippen LogP contribution in [0.4, 0.5) is 0 Å². The van der Waals surface area contributed by atoms with Gasteiger partial charge in [0.15, 0.2) is 0 Å². The Bertz CT molecular complexity index is 1150. The van der Waals surface area contributed by atoms with Crippen molar-refractivity contribution in [3.63, 3.8) is 0 Å². The number of nitrogens with zero attached hydrogens (tertiary/aromatic N) is 4. The first-order chi connectivity index (χ1) is 15.5. The minimum absolute atomic E-state index is 0.155. The predicted octanol–water partition coefficient (Wildman–Crippen LogP) is 2.42. The van der Waals surface area contributed by atoms with E-state index in [0.717, 1.165) is 24.3 Å². The van der Waals surface area contributed by atoms with Crippen LogP contribution in [0.25, 0.3) is 0 Å². The SMILES string of the molecule is COC(=O)c1c(OCCc2ccsc2)cc(=O)n2c1CCN(Cc1cnn(C)c1C)CC2. The topological polar surface area (TPSA) is 78.6 Å². The summed E-state index contributed by atoms with van der Waals surface area (Å²) in [5, 5.41) is 8.40. The molecule has 0 amide bonds. The Kier molecular flexibility index (Phi) is 6.76. The van der Waals surface area contributed by atoms with Crippen LogP contribution in [0.3, 0.4) is 0 Å². The molecule has 0 fully saturated rings. The summed E-state index contributed by atoms with van der Waals surface area (Å²) in [5.41, 5.74) is 4.34. The third-order valence-corrected chi connectivity index (χ3v) is 6.77. The lowest BCUT2D eigenvalue weighted by Crippen LogP contribution is -2.29. The number of esters is 1. The molecule has 0 bridgehead atoms. The van der Waals surface area contributed by atoms with E-state index in [1.807, 2.05) is 29.4 Å². The maximum Gasteiger partial charge on any atom is 0.343 e. The molecule has 0 N–H and O–H groups in total. The second kappa shape index (κ2) is 9.70. The van der Waals surface area contributed by atoms with Crippen molar-refractivity contribution in [3.05, 3.63) is 67.5 Å². The molecule has 0 saturated heterocycles. The number of aryl methyl sites for hydroxylation is 1. The van der Waals surface area contributed by atoms with Crippen LogP contribution in [0.15, 0.2) is 33.9 Å². The lowest BCUT2D eigenvalue weighted by atomic mass is 10.1. The highest BCUT2D eigenvalue weighted by atomic mass is 32.1. The number of ether oxygens (including phenoxy) is 2. The lowest BCUT2D eigenvalue weighted by molar-refractivity contribution is 0.0593. The van der Waals surface area contributed by atoms with Crippen molar-refractivity contribution >= 4 is 17.3 Å². The van der Waals surface area contributed by atoms with Crippen molar-refractivity contribution < 1.29 is 14.3 Å². The Balaban J connectivity index is 1.57. The molecule has 0 saturated carbocycles. The van der Waals surface area contributed by atoms with Crippen LogP contribution < -0.4 is 10.3 Å². The van der Waals surface area contributed by atoms with Gasteiger partial charge in [-0.2, -0.15) is 16.4 Å². The molecule has 0 spiro atoms. The van der Waals surface area contributed by atoms with Crippen LogP contribution in [0, 0.1) is 6.92 Å². The molecule has 0 unspecified atom stereocenters. The van der Waals surface area contributed by atoms with Crippen LogP contribution in [0.2, 0.25) is 0 Å². The standard InChI is InChI=1S/C23H28N4O4S/c1-16-18(13-24-25(16)2)14-26-7-4-19-22(23(29)30-3)20(12-21(28)27(19)9-8-26)31-10-5-17-6-11-32-15-17/h6,11-13,15H,4-5,7-10,14H2,1-3H3. The highest BCUT2D eigenvalue weighted by Crippen LogP contribution is 2.25. The average molecular weight is 457 g/mol. The van der Waals surface area contributed by atoms with Gasteiger partial charge >= 0.3 is 5.97 Å². The van der Waals surface area contributed by atoms with Gasteiger partial charge in [-0.15, -0.1) is 0 Å². The van der Waals surface area contributed by atoms with E-state index >= 15 is 0 Å². The molecule has 0 aromatic carbocycles. The molecular weight excluding hydrogens is 428 g/mol. The van der Waals surface area contributed by atoms with Gasteiger partial charge in [-0.05, 0) is 29.3 Å². The molecule has 3 aromatic heterocycles. The van der Waals surface area contributed by atoms with Gasteiger partial charge in [-0.3, -0.25) is 14.4 Å². The van der Waals surface area contributed by atoms with Crippen molar-refractivity contribution in [2.45, 2.75) is 32.9 Å². The van der Waals surface area contributed by atoms with Gasteiger partial charge in [-0.1, -0.05) is 0 Å². The summed E-state index contributed by atoms with van der Waals surface area (Å²) in [6.45, 7) is 5.12. The maximum absolute atomic E-state index is 12.9. The summed E-state index contributed by atoms with van der Waals surface area (Å²) >= 11 is 1.63. The first-order valence-corrected chi connectivity index (χ1v) is 11.6. The summed E-state index contributed by atoms with van der Waals surface area (Å²) in [5.74, 6) is -0.171. The van der Waals surface area contributed by atoms with E-state index in [-0.39, 0.29) is 5.56 Å². The highest BCUT2D eigenvalue weighted by molar-refractivity contribution is 7.07. The number of hydrogen-bond acceptors (Lipinski definition) is 7. The fourth-order valence-electron chi connectivity index (χ4n) is 4.04. The number of methoxy groups -OCH3 is 1. The van der Waals surface area contributed by atoms with Crippen molar-refractivity contribution in [1.29, 1.82) is 0 Å². The highest BCUT2D eigenvalue weighted by Gasteiger charge is 2.26. The molecule has 8 nitrogen and oxygen atoms in total. The molecule has 9 heteroatoms. The monoisotopic (exact) mass is 456 g/mol. The number of rotatable bonds is 7. The molecule has 32 heavy (non-hydrogen) atoms. The molecule has 170 valence electrons. The molecule has 4 rings (SSSR count). The zero-order valence-corrected chi connectivity index (χ0v) is 19.5. The van der Waals surface area contributed by atoms with Gasteiger partial charge in [0, 0.05) is 69.1 Å². The first kappa shape index (κ1) is 22.3. The van der Waals surface area contributed by atoms with E-state index in [1.165, 1.54) is 18.7 Å². The number of carbonyl (C=O) groups excluding carboxylic acids is 1. The lowest BCUT2D eigenvalue weighted by Gasteiger charge is -2.19. The first-order valence-electron chi connectivity index (χ1n) is 10.7. The van der Waals surface area contributed by atoms with Gasteiger partial charge in [0.05, 0.1) is 19.9 Å². The predicted molar refractivity (Wildman–Crippen MR) is 122 cm³/mol. The zero-order valence-electron chi connectivity index (χ0n) is 18.7. The minimum atomic E-state index is -0.476. The van der Waals surface area contributed by atoms with E-state index < -0.39 is 5.97 Å². The van der Waals surface area contributed by atoms with Crippen molar-refractivity contribution in [2.24, 2.45) is 7.05 Å². The van der Waals surface area contributed by atoms with E-state index in [4.69, 9.17) is 9.47 Å². The maximum atomic E-state index is 12.9. The Hall–Kier alpha value is -2.91. The number of thiophene rings is 1. The van der Waals surface area contributed by atoms with Gasteiger partial charge in [0.1, 0.15) is 11.3 Å². The molecule has 3 aromatic rings. The van der Waals surface area contributed by atoms with Crippen molar-refractivity contribution in [1.82, 2.24) is 19.2 Å². The van der Waals surface area contributed by atoms with Crippen LogP contribution >= 0.6 is 11.3 Å². The van der Waals surface area contributed by atoms with E-state index in [0.29, 0.717) is 49.5 Å². The van der Waals surface area contributed by atoms with Crippen LogP contribution in [0.5, 0.6) is 5.75 Å². The normalized spacial score (nSPS) is 14.1. The Labute approximate surface area is 191 Å². The Morgan fingerprint density at radius 2 is 2.12 bits per heavy atom. The molecule has 0 atom stereocenters. The summed E-state index contributed by atoms with van der Waals surface area (Å²) in [6, 6.07) is 3.46. The molecule has 0 radical (unpaired) electrons. The van der Waals surface area contributed by atoms with Gasteiger partial charge in [-0.25, -0.2) is 4.79 Å². The summed E-state index contributed by atoms with van der Waals surface area (Å²) in [7, 11) is 3.28. The van der Waals surface area contributed by atoms with Crippen LogP contribution in [-0.4, -0.2) is 52.0 Å². The van der Waals surface area contributed by atoms with Gasteiger partial charge in [0.2, 0.25) is 0 Å². The second-order valence-corrected chi connectivity index (χ2v) is 8.73. The number of pyridine rings is 1. The number of fused-ring (bicyclic) bond motifs is 1. The fraction of sp³-hybridized carbons (Fsp3) is 0.435. The third kappa shape index (κ3) is 4.63. The van der Waals surface area contributed by atoms with E-state index in [2.05, 4.69) is 22.3 Å². The Morgan fingerprint density at radius 1 is 1.28 bits per heavy atom. The Morgan fingerprint density at radius 3 is 2.81 bits per heavy atom. The summed E-state index contributed by atoms with van der Waals surface area (Å²) < 4.78 is 14.5. The van der Waals surface area contributed by atoms with Crippen LogP contribution in [0.1, 0.15) is 32.9 Å². The molecule has 4 heterocycles. The minimum Gasteiger partial charge on any atom is -0.492 e. The van der Waals surface area contributed by atoms with E-state index in [9.17, 15) is 9.59 Å².